The molecular weight excluding hydrogens is 390 g/mol. The van der Waals surface area contributed by atoms with E-state index in [-0.39, 0.29) is 28.7 Å². The standard InChI is InChI=1S/C21H27N3O4S/c1-14(25)23-11-8-15-2-6-18(12-20(15)23)29(27,28)22-10-9-19-16(13-22)3-7-21(26)24(19)17-4-5-17/h2,6,12,16-17,19H,3-5,7-11,13H2,1H3/t16-,19-/m0/s1. The van der Waals surface area contributed by atoms with Crippen LogP contribution in [0, 0.1) is 5.92 Å². The summed E-state index contributed by atoms with van der Waals surface area (Å²) in [6, 6.07) is 5.74. The summed E-state index contributed by atoms with van der Waals surface area (Å²) in [6.45, 7) is 3.02. The van der Waals surface area contributed by atoms with Gasteiger partial charge in [0.15, 0.2) is 0 Å². The van der Waals surface area contributed by atoms with Gasteiger partial charge < -0.3 is 9.80 Å². The zero-order valence-corrected chi connectivity index (χ0v) is 17.5. The van der Waals surface area contributed by atoms with Crippen LogP contribution in [0.15, 0.2) is 23.1 Å². The number of benzene rings is 1. The van der Waals surface area contributed by atoms with Crippen molar-refractivity contribution in [3.8, 4) is 0 Å². The van der Waals surface area contributed by atoms with E-state index in [1.807, 2.05) is 6.07 Å². The molecule has 3 fully saturated rings. The molecule has 0 unspecified atom stereocenters. The number of hydrogen-bond acceptors (Lipinski definition) is 4. The molecule has 8 heteroatoms. The van der Waals surface area contributed by atoms with Crippen molar-refractivity contribution in [2.45, 2.75) is 62.4 Å². The third kappa shape index (κ3) is 3.17. The highest BCUT2D eigenvalue weighted by Crippen LogP contribution is 2.40. The lowest BCUT2D eigenvalue weighted by Crippen LogP contribution is -2.57. The quantitative estimate of drug-likeness (QED) is 0.751. The summed E-state index contributed by atoms with van der Waals surface area (Å²) in [7, 11) is -3.63. The van der Waals surface area contributed by atoms with Crippen molar-refractivity contribution >= 4 is 27.5 Å². The molecule has 29 heavy (non-hydrogen) atoms. The highest BCUT2D eigenvalue weighted by Gasteiger charge is 2.47. The van der Waals surface area contributed by atoms with Gasteiger partial charge in [-0.2, -0.15) is 4.31 Å². The fourth-order valence-electron chi connectivity index (χ4n) is 5.30. The Hall–Kier alpha value is -1.93. The SMILES string of the molecule is CC(=O)N1CCc2ccc(S(=O)(=O)N3CC[C@H]4[C@@H](CCC(=O)N4C4CC4)C3)cc21. The van der Waals surface area contributed by atoms with Crippen molar-refractivity contribution < 1.29 is 18.0 Å². The molecule has 2 atom stereocenters. The summed E-state index contributed by atoms with van der Waals surface area (Å²) in [5.41, 5.74) is 1.74. The van der Waals surface area contributed by atoms with Crippen molar-refractivity contribution in [1.82, 2.24) is 9.21 Å². The summed E-state index contributed by atoms with van der Waals surface area (Å²) in [5.74, 6) is 0.388. The number of carbonyl (C=O) groups is 2. The van der Waals surface area contributed by atoms with Crippen molar-refractivity contribution in [3.05, 3.63) is 23.8 Å². The summed E-state index contributed by atoms with van der Waals surface area (Å²) in [6.07, 6.45) is 4.92. The fraction of sp³-hybridized carbons (Fsp3) is 0.619. The maximum atomic E-state index is 13.4. The summed E-state index contributed by atoms with van der Waals surface area (Å²) in [4.78, 5) is 28.2. The summed E-state index contributed by atoms with van der Waals surface area (Å²) in [5, 5.41) is 0. The number of hydrogen-bond donors (Lipinski definition) is 0. The van der Waals surface area contributed by atoms with Crippen molar-refractivity contribution in [1.29, 1.82) is 0 Å². The van der Waals surface area contributed by atoms with Crippen molar-refractivity contribution in [3.63, 3.8) is 0 Å². The number of piperidine rings is 2. The van der Waals surface area contributed by atoms with E-state index in [9.17, 15) is 18.0 Å². The molecule has 0 aromatic heterocycles. The molecule has 1 aromatic rings. The topological polar surface area (TPSA) is 78.0 Å². The number of anilines is 1. The van der Waals surface area contributed by atoms with Gasteiger partial charge in [-0.05, 0) is 55.7 Å². The molecule has 0 spiro atoms. The van der Waals surface area contributed by atoms with E-state index in [1.165, 1.54) is 6.92 Å². The number of nitrogens with zero attached hydrogens (tertiary/aromatic N) is 3. The highest BCUT2D eigenvalue weighted by atomic mass is 32.2. The molecule has 3 heterocycles. The number of fused-ring (bicyclic) bond motifs is 2. The monoisotopic (exact) mass is 417 g/mol. The van der Waals surface area contributed by atoms with Gasteiger partial charge in [-0.1, -0.05) is 6.07 Å². The molecule has 0 bridgehead atoms. The van der Waals surface area contributed by atoms with Crippen molar-refractivity contribution in [2.75, 3.05) is 24.5 Å². The highest BCUT2D eigenvalue weighted by molar-refractivity contribution is 7.89. The first kappa shape index (κ1) is 19.1. The molecular formula is C21H27N3O4S. The first-order valence-electron chi connectivity index (χ1n) is 10.6. The van der Waals surface area contributed by atoms with E-state index < -0.39 is 10.0 Å². The zero-order chi connectivity index (χ0) is 20.3. The third-order valence-corrected chi connectivity index (χ3v) is 8.80. The van der Waals surface area contributed by atoms with Gasteiger partial charge in [0, 0.05) is 50.7 Å². The van der Waals surface area contributed by atoms with Gasteiger partial charge >= 0.3 is 0 Å². The second kappa shape index (κ2) is 6.80. The smallest absolute Gasteiger partial charge is 0.243 e. The number of amides is 2. The van der Waals surface area contributed by atoms with Crippen LogP contribution in [-0.2, 0) is 26.0 Å². The Kier molecular flexibility index (Phi) is 4.47. The van der Waals surface area contributed by atoms with Crippen LogP contribution in [0.4, 0.5) is 5.69 Å². The maximum Gasteiger partial charge on any atom is 0.243 e. The van der Waals surface area contributed by atoms with E-state index in [4.69, 9.17) is 0 Å². The molecule has 5 rings (SSSR count). The second-order valence-electron chi connectivity index (χ2n) is 8.76. The molecule has 4 aliphatic rings. The van der Waals surface area contributed by atoms with Crippen LogP contribution in [-0.4, -0.2) is 61.2 Å². The third-order valence-electron chi connectivity index (χ3n) is 6.94. The van der Waals surface area contributed by atoms with Crippen LogP contribution in [0.1, 0.15) is 44.6 Å². The normalized spacial score (nSPS) is 27.7. The first-order chi connectivity index (χ1) is 13.9. The maximum absolute atomic E-state index is 13.4. The molecule has 0 radical (unpaired) electrons. The summed E-state index contributed by atoms with van der Waals surface area (Å²) < 4.78 is 28.3. The molecule has 1 aromatic carbocycles. The van der Waals surface area contributed by atoms with Crippen molar-refractivity contribution in [2.24, 2.45) is 5.92 Å². The molecule has 156 valence electrons. The Bertz CT molecular complexity index is 972. The van der Waals surface area contributed by atoms with Gasteiger partial charge in [-0.25, -0.2) is 8.42 Å². The largest absolute Gasteiger partial charge is 0.336 e. The minimum absolute atomic E-state index is 0.0637. The predicted octanol–water partition coefficient (Wildman–Crippen LogP) is 1.76. The van der Waals surface area contributed by atoms with Gasteiger partial charge in [0.25, 0.3) is 0 Å². The number of rotatable bonds is 3. The van der Waals surface area contributed by atoms with Crippen LogP contribution < -0.4 is 4.90 Å². The minimum atomic E-state index is -3.63. The van der Waals surface area contributed by atoms with Gasteiger partial charge in [-0.3, -0.25) is 9.59 Å². The molecule has 7 nitrogen and oxygen atoms in total. The molecule has 3 aliphatic heterocycles. The molecule has 1 saturated carbocycles. The van der Waals surface area contributed by atoms with E-state index in [2.05, 4.69) is 4.90 Å². The predicted molar refractivity (Wildman–Crippen MR) is 108 cm³/mol. The van der Waals surface area contributed by atoms with Gasteiger partial charge in [0.1, 0.15) is 0 Å². The Morgan fingerprint density at radius 2 is 1.86 bits per heavy atom. The minimum Gasteiger partial charge on any atom is -0.336 e. The van der Waals surface area contributed by atoms with Crippen LogP contribution >= 0.6 is 0 Å². The van der Waals surface area contributed by atoms with Crippen LogP contribution in [0.2, 0.25) is 0 Å². The molecule has 2 amide bonds. The molecule has 2 saturated heterocycles. The van der Waals surface area contributed by atoms with Gasteiger partial charge in [-0.15, -0.1) is 0 Å². The van der Waals surface area contributed by atoms with E-state index in [0.717, 1.165) is 36.9 Å². The lowest BCUT2D eigenvalue weighted by atomic mass is 9.84. The first-order valence-corrected chi connectivity index (χ1v) is 12.0. The Balaban J connectivity index is 1.38. The second-order valence-corrected chi connectivity index (χ2v) is 10.7. The average molecular weight is 418 g/mol. The van der Waals surface area contributed by atoms with E-state index in [1.54, 1.807) is 21.3 Å². The fourth-order valence-corrected chi connectivity index (χ4v) is 6.83. The Labute approximate surface area is 171 Å². The lowest BCUT2D eigenvalue weighted by Gasteiger charge is -2.46. The Morgan fingerprint density at radius 3 is 2.59 bits per heavy atom. The number of likely N-dealkylation sites (tertiary alicyclic amines) is 1. The van der Waals surface area contributed by atoms with E-state index >= 15 is 0 Å². The van der Waals surface area contributed by atoms with Gasteiger partial charge in [0.05, 0.1) is 4.90 Å². The van der Waals surface area contributed by atoms with E-state index in [0.29, 0.717) is 38.5 Å². The van der Waals surface area contributed by atoms with Crippen LogP contribution in [0.25, 0.3) is 0 Å². The molecule has 1 aliphatic carbocycles. The summed E-state index contributed by atoms with van der Waals surface area (Å²) >= 11 is 0. The van der Waals surface area contributed by atoms with Crippen LogP contribution in [0.3, 0.4) is 0 Å². The zero-order valence-electron chi connectivity index (χ0n) is 16.7. The Morgan fingerprint density at radius 1 is 1.07 bits per heavy atom. The van der Waals surface area contributed by atoms with Gasteiger partial charge in [0.2, 0.25) is 21.8 Å². The average Bonchev–Trinajstić information content (AvgIpc) is 3.44. The number of sulfonamides is 1. The van der Waals surface area contributed by atoms with Crippen LogP contribution in [0.5, 0.6) is 0 Å². The lowest BCUT2D eigenvalue weighted by molar-refractivity contribution is -0.141. The molecule has 0 N–H and O–H groups in total. The number of carbonyl (C=O) groups excluding carboxylic acids is 2.